The number of carbonyl (C=O) groups excluding carboxylic acids is 3. The minimum absolute atomic E-state index is 0.0645. The molecule has 0 spiro atoms. The van der Waals surface area contributed by atoms with E-state index in [-0.39, 0.29) is 23.2 Å². The van der Waals surface area contributed by atoms with Gasteiger partial charge in [0.05, 0.1) is 5.41 Å². The molecule has 0 heterocycles. The largest absolute Gasteiger partial charge is 0.454 e. The lowest BCUT2D eigenvalue weighted by Gasteiger charge is -2.60. The number of hydrogen-bond donors (Lipinski definition) is 1. The highest BCUT2D eigenvalue weighted by molar-refractivity contribution is 6.00. The van der Waals surface area contributed by atoms with E-state index in [1.807, 2.05) is 0 Å². The van der Waals surface area contributed by atoms with Gasteiger partial charge in [-0.1, -0.05) is 0 Å². The second-order valence-electron chi connectivity index (χ2n) is 9.12. The third kappa shape index (κ3) is 3.33. The summed E-state index contributed by atoms with van der Waals surface area (Å²) >= 11 is 0. The van der Waals surface area contributed by atoms with Crippen LogP contribution in [0.15, 0.2) is 24.3 Å². The predicted octanol–water partition coefficient (Wildman–Crippen LogP) is 3.42. The third-order valence-corrected chi connectivity index (χ3v) is 6.72. The Kier molecular flexibility index (Phi) is 4.55. The van der Waals surface area contributed by atoms with E-state index < -0.39 is 17.3 Å². The second-order valence-corrected chi connectivity index (χ2v) is 9.12. The van der Waals surface area contributed by atoms with Gasteiger partial charge in [0.2, 0.25) is 11.7 Å². The lowest BCUT2D eigenvalue weighted by molar-refractivity contribution is -0.178. The Hall–Kier alpha value is -2.24. The Labute approximate surface area is 164 Å². The van der Waals surface area contributed by atoms with E-state index >= 15 is 0 Å². The summed E-state index contributed by atoms with van der Waals surface area (Å²) in [6.45, 7) is 3.08. The van der Waals surface area contributed by atoms with Crippen molar-refractivity contribution in [2.45, 2.75) is 64.0 Å². The Morgan fingerprint density at radius 2 is 1.71 bits per heavy atom. The molecule has 0 aliphatic heterocycles. The quantitative estimate of drug-likeness (QED) is 0.621. The zero-order valence-corrected chi connectivity index (χ0v) is 16.3. The maximum atomic E-state index is 13.2. The number of rotatable bonds is 5. The molecule has 4 aliphatic carbocycles. The van der Waals surface area contributed by atoms with Crippen molar-refractivity contribution in [1.82, 2.24) is 5.32 Å². The van der Waals surface area contributed by atoms with Gasteiger partial charge in [0, 0.05) is 18.0 Å². The van der Waals surface area contributed by atoms with E-state index in [1.54, 1.807) is 6.92 Å². The SMILES string of the molecule is CC(=O)NC12C[C@H]3C[C@@H](C1)CC(C(=O)O[C@@H](C)C(=O)c1ccc(F)cc1)(C3)C2. The van der Waals surface area contributed by atoms with Crippen LogP contribution in [0.4, 0.5) is 4.39 Å². The molecule has 150 valence electrons. The van der Waals surface area contributed by atoms with Gasteiger partial charge in [-0.3, -0.25) is 14.4 Å². The van der Waals surface area contributed by atoms with Crippen LogP contribution < -0.4 is 5.32 Å². The molecule has 0 aromatic heterocycles. The van der Waals surface area contributed by atoms with Crippen LogP contribution in [-0.4, -0.2) is 29.3 Å². The first-order valence-corrected chi connectivity index (χ1v) is 10.00. The van der Waals surface area contributed by atoms with Gasteiger partial charge in [-0.15, -0.1) is 0 Å². The van der Waals surface area contributed by atoms with Crippen molar-refractivity contribution in [1.29, 1.82) is 0 Å². The molecule has 0 radical (unpaired) electrons. The number of halogens is 1. The maximum Gasteiger partial charge on any atom is 0.312 e. The fraction of sp³-hybridized carbons (Fsp3) is 0.591. The van der Waals surface area contributed by atoms with Gasteiger partial charge in [0.1, 0.15) is 5.82 Å². The number of Topliss-reactive ketones (excluding diaryl/α,β-unsaturated/α-hetero) is 1. The van der Waals surface area contributed by atoms with Crippen molar-refractivity contribution in [3.05, 3.63) is 35.6 Å². The molecular weight excluding hydrogens is 361 g/mol. The normalized spacial score (nSPS) is 34.0. The van der Waals surface area contributed by atoms with Gasteiger partial charge in [0.25, 0.3) is 0 Å². The number of esters is 1. The topological polar surface area (TPSA) is 72.5 Å². The minimum atomic E-state index is -0.928. The predicted molar refractivity (Wildman–Crippen MR) is 99.9 cm³/mol. The van der Waals surface area contributed by atoms with Crippen LogP contribution in [0, 0.1) is 23.1 Å². The average Bonchev–Trinajstić information content (AvgIpc) is 2.59. The number of carbonyl (C=O) groups is 3. The summed E-state index contributed by atoms with van der Waals surface area (Å²) in [6.07, 6.45) is 4.12. The minimum Gasteiger partial charge on any atom is -0.454 e. The van der Waals surface area contributed by atoms with E-state index in [1.165, 1.54) is 31.2 Å². The van der Waals surface area contributed by atoms with Gasteiger partial charge in [-0.2, -0.15) is 0 Å². The summed E-state index contributed by atoms with van der Waals surface area (Å²) < 4.78 is 18.7. The first kappa shape index (κ1) is 19.1. The van der Waals surface area contributed by atoms with Crippen LogP contribution in [-0.2, 0) is 14.3 Å². The fourth-order valence-electron chi connectivity index (χ4n) is 6.21. The van der Waals surface area contributed by atoms with E-state index in [4.69, 9.17) is 4.74 Å². The monoisotopic (exact) mass is 387 g/mol. The van der Waals surface area contributed by atoms with Crippen molar-refractivity contribution in [3.8, 4) is 0 Å². The van der Waals surface area contributed by atoms with E-state index in [9.17, 15) is 18.8 Å². The standard InChI is InChI=1S/C22H26FNO4/c1-13(19(26)17-3-5-18(23)6-4-17)28-20(27)21-8-15-7-16(9-21)11-22(10-15,12-21)24-14(2)25/h3-6,13,15-16H,7-12H2,1-2H3,(H,24,25)/t13-,15-,16+,21?,22?/m0/s1. The van der Waals surface area contributed by atoms with Crippen molar-refractivity contribution >= 4 is 17.7 Å². The number of ether oxygens (including phenoxy) is 1. The molecule has 6 heteroatoms. The molecule has 0 saturated heterocycles. The highest BCUT2D eigenvalue weighted by Crippen LogP contribution is 2.62. The highest BCUT2D eigenvalue weighted by Gasteiger charge is 2.61. The molecule has 1 N–H and O–H groups in total. The fourth-order valence-corrected chi connectivity index (χ4v) is 6.21. The van der Waals surface area contributed by atoms with Crippen molar-refractivity contribution in [3.63, 3.8) is 0 Å². The summed E-state index contributed by atoms with van der Waals surface area (Å²) in [6, 6.07) is 5.24. The Morgan fingerprint density at radius 3 is 2.29 bits per heavy atom. The van der Waals surface area contributed by atoms with Crippen molar-refractivity contribution in [2.24, 2.45) is 17.3 Å². The van der Waals surface area contributed by atoms with Crippen LogP contribution in [0.3, 0.4) is 0 Å². The molecule has 4 aliphatic rings. The van der Waals surface area contributed by atoms with Gasteiger partial charge in [-0.05, 0) is 81.5 Å². The number of benzene rings is 1. The molecule has 5 nitrogen and oxygen atoms in total. The van der Waals surface area contributed by atoms with Gasteiger partial charge >= 0.3 is 5.97 Å². The number of ketones is 1. The van der Waals surface area contributed by atoms with Crippen LogP contribution in [0.5, 0.6) is 0 Å². The number of hydrogen-bond acceptors (Lipinski definition) is 4. The molecule has 2 unspecified atom stereocenters. The maximum absolute atomic E-state index is 13.2. The van der Waals surface area contributed by atoms with Crippen molar-refractivity contribution in [2.75, 3.05) is 0 Å². The highest BCUT2D eigenvalue weighted by atomic mass is 19.1. The summed E-state index contributed by atoms with van der Waals surface area (Å²) in [5, 5.41) is 3.13. The smallest absolute Gasteiger partial charge is 0.312 e. The first-order chi connectivity index (χ1) is 13.2. The molecule has 4 bridgehead atoms. The lowest BCUT2D eigenvalue weighted by atomic mass is 9.47. The van der Waals surface area contributed by atoms with Gasteiger partial charge < -0.3 is 10.1 Å². The van der Waals surface area contributed by atoms with Crippen LogP contribution in [0.2, 0.25) is 0 Å². The van der Waals surface area contributed by atoms with Crippen LogP contribution in [0.25, 0.3) is 0 Å². The third-order valence-electron chi connectivity index (χ3n) is 6.72. The molecule has 4 fully saturated rings. The summed E-state index contributed by atoms with van der Waals surface area (Å²) in [4.78, 5) is 37.5. The molecule has 5 rings (SSSR count). The molecule has 4 saturated carbocycles. The summed E-state index contributed by atoms with van der Waals surface area (Å²) in [5.41, 5.74) is -0.620. The zero-order chi connectivity index (χ0) is 20.1. The Bertz CT molecular complexity index is 804. The molecule has 1 amide bonds. The molecule has 1 aromatic rings. The molecular formula is C22H26FNO4. The number of amides is 1. The molecule has 5 atom stereocenters. The van der Waals surface area contributed by atoms with E-state index in [0.29, 0.717) is 23.8 Å². The van der Waals surface area contributed by atoms with Gasteiger partial charge in [-0.25, -0.2) is 4.39 Å². The molecule has 28 heavy (non-hydrogen) atoms. The Balaban J connectivity index is 1.50. The van der Waals surface area contributed by atoms with Crippen molar-refractivity contribution < 1.29 is 23.5 Å². The summed E-state index contributed by atoms with van der Waals surface area (Å²) in [7, 11) is 0. The van der Waals surface area contributed by atoms with Crippen LogP contribution in [0.1, 0.15) is 62.7 Å². The second kappa shape index (κ2) is 6.68. The molecule has 1 aromatic carbocycles. The zero-order valence-electron chi connectivity index (χ0n) is 16.3. The summed E-state index contributed by atoms with van der Waals surface area (Å²) in [5.74, 6) is -0.343. The van der Waals surface area contributed by atoms with Crippen LogP contribution >= 0.6 is 0 Å². The number of nitrogens with one attached hydrogen (secondary N) is 1. The van der Waals surface area contributed by atoms with Gasteiger partial charge in [0.15, 0.2) is 6.10 Å². The Morgan fingerprint density at radius 1 is 1.11 bits per heavy atom. The first-order valence-electron chi connectivity index (χ1n) is 10.00. The lowest BCUT2D eigenvalue weighted by Crippen LogP contribution is -2.64. The van der Waals surface area contributed by atoms with E-state index in [2.05, 4.69) is 5.32 Å². The average molecular weight is 387 g/mol. The van der Waals surface area contributed by atoms with E-state index in [0.717, 1.165) is 32.1 Å².